The van der Waals surface area contributed by atoms with Gasteiger partial charge in [0.05, 0.1) is 18.5 Å². The van der Waals surface area contributed by atoms with Gasteiger partial charge in [0, 0.05) is 0 Å². The first kappa shape index (κ1) is 36.8. The third-order valence-electron chi connectivity index (χ3n) is 9.95. The Bertz CT molecular complexity index is 1070. The van der Waals surface area contributed by atoms with Crippen LogP contribution in [0.2, 0.25) is 54.4 Å². The van der Waals surface area contributed by atoms with Crippen LogP contribution in [0.15, 0.2) is 21.9 Å². The maximum Gasteiger partial charge on any atom is 0.269 e. The van der Waals surface area contributed by atoms with Gasteiger partial charge in [-0.2, -0.15) is 0 Å². The summed E-state index contributed by atoms with van der Waals surface area (Å²) >= 11 is 0. The lowest BCUT2D eigenvalue weighted by molar-refractivity contribution is -0.112. The lowest BCUT2D eigenvalue weighted by atomic mass is 10.1. The van der Waals surface area contributed by atoms with Crippen molar-refractivity contribution >= 4 is 42.8 Å². The first-order valence-corrected chi connectivity index (χ1v) is 23.6. The summed E-state index contributed by atoms with van der Waals surface area (Å²) in [5.74, 6) is -0.665. The van der Waals surface area contributed by atoms with E-state index in [1.807, 2.05) is 4.90 Å². The molecule has 3 N–H and O–H groups in total. The molecule has 1 saturated heterocycles. The van der Waals surface area contributed by atoms with Crippen LogP contribution in [0.1, 0.15) is 62.3 Å². The number of carbonyl (C=O) groups is 1. The molecule has 0 unspecified atom stereocenters. The van der Waals surface area contributed by atoms with Crippen LogP contribution >= 0.6 is 0 Å². The van der Waals surface area contributed by atoms with Crippen LogP contribution in [-0.2, 0) is 22.8 Å². The van der Waals surface area contributed by atoms with Gasteiger partial charge in [0.1, 0.15) is 30.7 Å². The molecule has 0 aromatic rings. The van der Waals surface area contributed by atoms with Gasteiger partial charge in [0.25, 0.3) is 5.91 Å². The van der Waals surface area contributed by atoms with Crippen LogP contribution in [0.3, 0.4) is 0 Å². The molecule has 1 amide bonds. The van der Waals surface area contributed by atoms with E-state index in [1.165, 1.54) is 12.3 Å². The highest BCUT2D eigenvalue weighted by Crippen LogP contribution is 2.45. The maximum atomic E-state index is 12.3. The van der Waals surface area contributed by atoms with Crippen LogP contribution in [-0.4, -0.2) is 90.7 Å². The maximum absolute atomic E-state index is 12.3. The number of nitrogens with zero attached hydrogens (tertiary/aromatic N) is 3. The number of nitrogens with two attached hydrogens (primary N) is 1. The van der Waals surface area contributed by atoms with Crippen molar-refractivity contribution in [3.05, 3.63) is 11.8 Å². The molecule has 2 aliphatic rings. The van der Waals surface area contributed by atoms with E-state index >= 15 is 0 Å². The molecule has 0 radical (unpaired) electrons. The Balaban J connectivity index is 2.69. The van der Waals surface area contributed by atoms with E-state index in [0.29, 0.717) is 12.3 Å². The van der Waals surface area contributed by atoms with E-state index in [0.717, 1.165) is 0 Å². The Morgan fingerprint density at radius 2 is 1.43 bits per heavy atom. The zero-order valence-electron chi connectivity index (χ0n) is 28.8. The lowest BCUT2D eigenvalue weighted by Gasteiger charge is -2.45. The summed E-state index contributed by atoms with van der Waals surface area (Å²) in [7, 11) is -6.77. The topological polar surface area (TPSA) is 128 Å². The number of rotatable bonds is 10. The third-order valence-corrected chi connectivity index (χ3v) is 23.4. The van der Waals surface area contributed by atoms with Gasteiger partial charge in [-0.15, -0.1) is 0 Å². The summed E-state index contributed by atoms with van der Waals surface area (Å²) in [5, 5.41) is 12.2. The summed E-state index contributed by atoms with van der Waals surface area (Å²) in [6, 6.07) is 0. The Morgan fingerprint density at radius 1 is 0.952 bits per heavy atom. The van der Waals surface area contributed by atoms with E-state index in [2.05, 4.69) is 112 Å². The number of amides is 1. The number of aliphatic imine (C=N–C) groups is 1. The van der Waals surface area contributed by atoms with Gasteiger partial charge in [-0.25, -0.2) is 0 Å². The predicted octanol–water partition coefficient (Wildman–Crippen LogP) is 6.06. The molecule has 4 atom stereocenters. The number of allylic oxidation sites excluding steroid dienone is 1. The van der Waals surface area contributed by atoms with E-state index in [9.17, 15) is 4.79 Å². The molecule has 0 aliphatic carbocycles. The van der Waals surface area contributed by atoms with Crippen molar-refractivity contribution in [1.29, 1.82) is 0 Å². The number of primary amides is 1. The molecular weight excluding hydrogens is 585 g/mol. The summed E-state index contributed by atoms with van der Waals surface area (Å²) in [6.45, 7) is 33.8. The highest BCUT2D eigenvalue weighted by Gasteiger charge is 2.56. The standard InChI is InChI=1S/C29H58N4O6Si3/c1-27(2,3)40(10,11)36-18-21-23(38-41(12,13)28(4,5)6)24(39-42(14,15)29(7,8)9)26(37-21)33-19-31-22(25(30)34)20(33)16-17-32-35/h16-17,21,23-24,26,35H,18-19H2,1-15H3,(H2,30,34)/t21-,23-,24-,26-/m1/s1. The highest BCUT2D eigenvalue weighted by atomic mass is 28.4. The molecule has 242 valence electrons. The highest BCUT2D eigenvalue weighted by molar-refractivity contribution is 6.75. The lowest BCUT2D eigenvalue weighted by Crippen LogP contribution is -2.56. The minimum absolute atomic E-state index is 0.0244. The number of ether oxygens (including phenoxy) is 1. The van der Waals surface area contributed by atoms with Crippen molar-refractivity contribution in [2.75, 3.05) is 13.3 Å². The second-order valence-electron chi connectivity index (χ2n) is 16.1. The van der Waals surface area contributed by atoms with Gasteiger partial charge in [0.2, 0.25) is 0 Å². The zero-order valence-corrected chi connectivity index (χ0v) is 31.8. The predicted molar refractivity (Wildman–Crippen MR) is 178 cm³/mol. The van der Waals surface area contributed by atoms with Crippen LogP contribution in [0.4, 0.5) is 0 Å². The van der Waals surface area contributed by atoms with Gasteiger partial charge in [0.15, 0.2) is 31.2 Å². The Labute approximate surface area is 257 Å². The second-order valence-corrected chi connectivity index (χ2v) is 30.4. The van der Waals surface area contributed by atoms with Gasteiger partial charge < -0.3 is 33.9 Å². The molecule has 2 rings (SSSR count). The molecule has 0 spiro atoms. The van der Waals surface area contributed by atoms with Crippen LogP contribution in [0, 0.1) is 0 Å². The van der Waals surface area contributed by atoms with Crippen molar-refractivity contribution < 1.29 is 28.0 Å². The third kappa shape index (κ3) is 8.02. The molecule has 13 heteroatoms. The van der Waals surface area contributed by atoms with Crippen LogP contribution in [0.25, 0.3) is 0 Å². The molecule has 2 aliphatic heterocycles. The fourth-order valence-electron chi connectivity index (χ4n) is 4.04. The van der Waals surface area contributed by atoms with Gasteiger partial charge in [-0.1, -0.05) is 67.5 Å². The smallest absolute Gasteiger partial charge is 0.269 e. The summed E-state index contributed by atoms with van der Waals surface area (Å²) in [4.78, 5) is 18.6. The monoisotopic (exact) mass is 642 g/mol. The summed E-state index contributed by atoms with van der Waals surface area (Å²) < 4.78 is 28.0. The molecule has 0 saturated carbocycles. The fraction of sp³-hybridized carbons (Fsp3) is 0.828. The van der Waals surface area contributed by atoms with Crippen LogP contribution in [0.5, 0.6) is 0 Å². The normalized spacial score (nSPS) is 26.0. The molecular formula is C29H58N4O6Si3. The van der Waals surface area contributed by atoms with Crippen LogP contribution < -0.4 is 5.73 Å². The van der Waals surface area contributed by atoms with E-state index in [1.54, 1.807) is 0 Å². The van der Waals surface area contributed by atoms with Crippen molar-refractivity contribution in [1.82, 2.24) is 4.90 Å². The molecule has 42 heavy (non-hydrogen) atoms. The second kappa shape index (κ2) is 12.6. The Kier molecular flexibility index (Phi) is 11.0. The van der Waals surface area contributed by atoms with Crippen molar-refractivity contribution in [3.8, 4) is 0 Å². The average Bonchev–Trinajstić information content (AvgIpc) is 3.35. The van der Waals surface area contributed by atoms with Crippen molar-refractivity contribution in [2.24, 2.45) is 15.9 Å². The SMILES string of the molecule is CC(C)(C)[Si](C)(C)OC[C@H]1O[C@@H](N2CN=C(C(N)=O)C2=CC=NO)[C@H](O[Si](C)(C)C(C)(C)C)[C@@H]1O[Si](C)(C)C(C)(C)C. The van der Waals surface area contributed by atoms with E-state index in [4.69, 9.17) is 29.0 Å². The summed E-state index contributed by atoms with van der Waals surface area (Å²) in [6.07, 6.45) is 0.753. The minimum atomic E-state index is -2.35. The number of hydrogen-bond acceptors (Lipinski definition) is 9. The van der Waals surface area contributed by atoms with E-state index in [-0.39, 0.29) is 27.5 Å². The number of hydrogen-bond donors (Lipinski definition) is 2. The summed E-state index contributed by atoms with van der Waals surface area (Å²) in [5.41, 5.74) is 6.22. The molecule has 0 bridgehead atoms. The van der Waals surface area contributed by atoms with Crippen molar-refractivity contribution in [2.45, 2.75) is 141 Å². The minimum Gasteiger partial charge on any atom is -0.414 e. The molecule has 0 aromatic heterocycles. The first-order valence-electron chi connectivity index (χ1n) is 14.9. The average molecular weight is 643 g/mol. The molecule has 2 heterocycles. The Morgan fingerprint density at radius 3 is 1.86 bits per heavy atom. The Hall–Kier alpha value is -1.36. The van der Waals surface area contributed by atoms with Gasteiger partial charge in [-0.3, -0.25) is 9.79 Å². The number of oxime groups is 1. The fourth-order valence-corrected chi connectivity index (χ4v) is 7.66. The largest absolute Gasteiger partial charge is 0.414 e. The first-order chi connectivity index (χ1) is 18.8. The van der Waals surface area contributed by atoms with E-state index < -0.39 is 55.4 Å². The quantitative estimate of drug-likeness (QED) is 0.128. The zero-order chi connectivity index (χ0) is 32.7. The van der Waals surface area contributed by atoms with Crippen molar-refractivity contribution in [3.63, 3.8) is 0 Å². The number of carbonyl (C=O) groups excluding carboxylic acids is 1. The molecule has 0 aromatic carbocycles. The van der Waals surface area contributed by atoms with Gasteiger partial charge >= 0.3 is 0 Å². The molecule has 1 fully saturated rings. The van der Waals surface area contributed by atoms with Gasteiger partial charge in [-0.05, 0) is 60.5 Å². The molecule has 10 nitrogen and oxygen atoms in total.